The van der Waals surface area contributed by atoms with Gasteiger partial charge in [-0.15, -0.1) is 35.3 Å². The zero-order chi connectivity index (χ0) is 16.1. The summed E-state index contributed by atoms with van der Waals surface area (Å²) in [5, 5.41) is 4.56. The first kappa shape index (κ1) is 19.9. The highest BCUT2D eigenvalue weighted by Crippen LogP contribution is 2.20. The minimum atomic E-state index is 0. The SMILES string of the molecule is CCNC(=NCc1ncc(C)s1)N1CCC(CN2CCCC2)C1.I. The molecule has 24 heavy (non-hydrogen) atoms. The second-order valence-corrected chi connectivity index (χ2v) is 7.96. The van der Waals surface area contributed by atoms with E-state index in [1.165, 1.54) is 43.8 Å². The Bertz CT molecular complexity index is 527. The van der Waals surface area contributed by atoms with Crippen LogP contribution < -0.4 is 5.32 Å². The maximum absolute atomic E-state index is 4.81. The molecule has 0 aliphatic carbocycles. The van der Waals surface area contributed by atoms with Crippen LogP contribution in [0.2, 0.25) is 0 Å². The molecule has 0 radical (unpaired) electrons. The van der Waals surface area contributed by atoms with Gasteiger partial charge in [0.1, 0.15) is 5.01 Å². The molecule has 3 heterocycles. The normalized spacial score (nSPS) is 22.0. The van der Waals surface area contributed by atoms with Crippen molar-refractivity contribution in [2.45, 2.75) is 39.7 Å². The predicted octanol–water partition coefficient (Wildman–Crippen LogP) is 2.95. The van der Waals surface area contributed by atoms with Crippen LogP contribution in [0.1, 0.15) is 36.1 Å². The van der Waals surface area contributed by atoms with Crippen molar-refractivity contribution in [1.29, 1.82) is 0 Å². The van der Waals surface area contributed by atoms with Crippen molar-refractivity contribution >= 4 is 41.3 Å². The van der Waals surface area contributed by atoms with Gasteiger partial charge >= 0.3 is 0 Å². The molecule has 1 atom stereocenters. The summed E-state index contributed by atoms with van der Waals surface area (Å²) in [6.07, 6.45) is 5.99. The van der Waals surface area contributed by atoms with Gasteiger partial charge in [0.05, 0.1) is 6.54 Å². The Morgan fingerprint density at radius 1 is 1.38 bits per heavy atom. The van der Waals surface area contributed by atoms with E-state index >= 15 is 0 Å². The van der Waals surface area contributed by atoms with E-state index in [-0.39, 0.29) is 24.0 Å². The number of aryl methyl sites for hydroxylation is 1. The lowest BCUT2D eigenvalue weighted by Gasteiger charge is -2.23. The molecular weight excluding hydrogens is 433 g/mol. The van der Waals surface area contributed by atoms with E-state index in [1.807, 2.05) is 6.20 Å². The van der Waals surface area contributed by atoms with E-state index in [2.05, 4.69) is 33.9 Å². The zero-order valence-corrected chi connectivity index (χ0v) is 18.0. The number of rotatable bonds is 5. The zero-order valence-electron chi connectivity index (χ0n) is 14.8. The lowest BCUT2D eigenvalue weighted by Crippen LogP contribution is -2.40. The molecule has 5 nitrogen and oxygen atoms in total. The molecule has 0 saturated carbocycles. The number of thiazole rings is 1. The molecule has 0 amide bonds. The number of likely N-dealkylation sites (tertiary alicyclic amines) is 2. The molecule has 1 N–H and O–H groups in total. The van der Waals surface area contributed by atoms with E-state index in [1.54, 1.807) is 11.3 Å². The molecule has 1 aromatic rings. The number of hydrogen-bond donors (Lipinski definition) is 1. The van der Waals surface area contributed by atoms with Crippen LogP contribution in [0.3, 0.4) is 0 Å². The molecule has 3 rings (SSSR count). The highest BCUT2D eigenvalue weighted by molar-refractivity contribution is 14.0. The van der Waals surface area contributed by atoms with Crippen LogP contribution >= 0.6 is 35.3 Å². The van der Waals surface area contributed by atoms with Crippen LogP contribution in [0.15, 0.2) is 11.2 Å². The Hall–Kier alpha value is -0.410. The highest BCUT2D eigenvalue weighted by atomic mass is 127. The van der Waals surface area contributed by atoms with Crippen molar-refractivity contribution in [2.24, 2.45) is 10.9 Å². The maximum Gasteiger partial charge on any atom is 0.194 e. The van der Waals surface area contributed by atoms with Crippen LogP contribution in [0.5, 0.6) is 0 Å². The van der Waals surface area contributed by atoms with Crippen LogP contribution in [0, 0.1) is 12.8 Å². The van der Waals surface area contributed by atoms with Crippen LogP contribution in [0.25, 0.3) is 0 Å². The summed E-state index contributed by atoms with van der Waals surface area (Å²) < 4.78 is 0. The lowest BCUT2D eigenvalue weighted by atomic mass is 10.1. The van der Waals surface area contributed by atoms with Gasteiger partial charge in [-0.25, -0.2) is 9.98 Å². The standard InChI is InChI=1S/C17H29N5S.HI/c1-3-18-17(20-11-16-19-10-14(2)23-16)22-9-6-15(13-22)12-21-7-4-5-8-21;/h10,15H,3-9,11-13H2,1-2H3,(H,18,20);1H. The van der Waals surface area contributed by atoms with Crippen molar-refractivity contribution < 1.29 is 0 Å². The van der Waals surface area contributed by atoms with Crippen molar-refractivity contribution in [3.05, 3.63) is 16.1 Å². The lowest BCUT2D eigenvalue weighted by molar-refractivity contribution is 0.281. The summed E-state index contributed by atoms with van der Waals surface area (Å²) in [6.45, 7) is 12.0. The van der Waals surface area contributed by atoms with Gasteiger partial charge in [0.2, 0.25) is 0 Å². The highest BCUT2D eigenvalue weighted by Gasteiger charge is 2.27. The Morgan fingerprint density at radius 3 is 2.83 bits per heavy atom. The summed E-state index contributed by atoms with van der Waals surface area (Å²) >= 11 is 1.74. The van der Waals surface area contributed by atoms with Gasteiger partial charge in [0.15, 0.2) is 5.96 Å². The number of nitrogens with one attached hydrogen (secondary N) is 1. The third-order valence-electron chi connectivity index (χ3n) is 4.67. The quantitative estimate of drug-likeness (QED) is 0.415. The number of guanidine groups is 1. The Morgan fingerprint density at radius 2 is 2.17 bits per heavy atom. The van der Waals surface area contributed by atoms with E-state index in [9.17, 15) is 0 Å². The van der Waals surface area contributed by atoms with Gasteiger partial charge in [-0.05, 0) is 52.1 Å². The molecule has 2 aliphatic heterocycles. The maximum atomic E-state index is 4.81. The summed E-state index contributed by atoms with van der Waals surface area (Å²) in [6, 6.07) is 0. The Kier molecular flexibility index (Phi) is 8.22. The van der Waals surface area contributed by atoms with E-state index in [4.69, 9.17) is 4.99 Å². The van der Waals surface area contributed by atoms with Crippen molar-refractivity contribution in [3.63, 3.8) is 0 Å². The first-order valence-corrected chi connectivity index (χ1v) is 9.73. The van der Waals surface area contributed by atoms with Crippen LogP contribution in [-0.4, -0.2) is 60.0 Å². The smallest absolute Gasteiger partial charge is 0.194 e. The molecule has 2 aliphatic rings. The number of aromatic nitrogens is 1. The van der Waals surface area contributed by atoms with Crippen molar-refractivity contribution in [1.82, 2.24) is 20.1 Å². The monoisotopic (exact) mass is 463 g/mol. The summed E-state index contributed by atoms with van der Waals surface area (Å²) in [4.78, 5) is 15.6. The molecule has 2 fully saturated rings. The van der Waals surface area contributed by atoms with E-state index in [0.717, 1.165) is 36.5 Å². The number of nitrogens with zero attached hydrogens (tertiary/aromatic N) is 4. The molecule has 7 heteroatoms. The largest absolute Gasteiger partial charge is 0.357 e. The van der Waals surface area contributed by atoms with E-state index < -0.39 is 0 Å². The third kappa shape index (κ3) is 5.56. The second kappa shape index (κ2) is 9.91. The van der Waals surface area contributed by atoms with Gasteiger partial charge < -0.3 is 15.1 Å². The molecular formula is C17H30IN5S. The molecule has 1 aromatic heterocycles. The van der Waals surface area contributed by atoms with Crippen molar-refractivity contribution in [2.75, 3.05) is 39.3 Å². The minimum absolute atomic E-state index is 0. The predicted molar refractivity (Wildman–Crippen MR) is 112 cm³/mol. The fraction of sp³-hybridized carbons (Fsp3) is 0.765. The van der Waals surface area contributed by atoms with E-state index in [0.29, 0.717) is 6.54 Å². The van der Waals surface area contributed by atoms with Gasteiger partial charge in [-0.2, -0.15) is 0 Å². The van der Waals surface area contributed by atoms with Gasteiger partial charge in [-0.3, -0.25) is 0 Å². The average Bonchev–Trinajstić information content (AvgIpc) is 3.27. The topological polar surface area (TPSA) is 43.8 Å². The average molecular weight is 463 g/mol. The molecule has 0 aromatic carbocycles. The fourth-order valence-corrected chi connectivity index (χ4v) is 4.26. The second-order valence-electron chi connectivity index (χ2n) is 6.64. The fourth-order valence-electron chi connectivity index (χ4n) is 3.55. The van der Waals surface area contributed by atoms with Crippen LogP contribution in [0.4, 0.5) is 0 Å². The molecule has 2 saturated heterocycles. The third-order valence-corrected chi connectivity index (χ3v) is 5.57. The van der Waals surface area contributed by atoms with Crippen LogP contribution in [-0.2, 0) is 6.54 Å². The first-order chi connectivity index (χ1) is 11.2. The summed E-state index contributed by atoms with van der Waals surface area (Å²) in [5.41, 5.74) is 0. The molecule has 0 bridgehead atoms. The first-order valence-electron chi connectivity index (χ1n) is 8.91. The Balaban J connectivity index is 0.00000208. The molecule has 1 unspecified atom stereocenters. The molecule has 0 spiro atoms. The summed E-state index contributed by atoms with van der Waals surface area (Å²) in [7, 11) is 0. The van der Waals surface area contributed by atoms with Gasteiger partial charge in [-0.1, -0.05) is 0 Å². The minimum Gasteiger partial charge on any atom is -0.357 e. The summed E-state index contributed by atoms with van der Waals surface area (Å²) in [5.74, 6) is 1.85. The Labute approximate surface area is 166 Å². The number of aliphatic imine (C=N–C) groups is 1. The number of hydrogen-bond acceptors (Lipinski definition) is 4. The van der Waals surface area contributed by atoms with Gasteiger partial charge in [0, 0.05) is 37.3 Å². The van der Waals surface area contributed by atoms with Gasteiger partial charge in [0.25, 0.3) is 0 Å². The van der Waals surface area contributed by atoms with Crippen molar-refractivity contribution in [3.8, 4) is 0 Å². The molecule has 136 valence electrons. The number of halogens is 1.